The molecule has 2 aliphatic heterocycles. The molecule has 2 saturated heterocycles. The Kier molecular flexibility index (Phi) is 12.7. The van der Waals surface area contributed by atoms with E-state index < -0.39 is 17.8 Å². The first kappa shape index (κ1) is 34.8. The monoisotopic (exact) mass is 592 g/mol. The Balaban J connectivity index is 1.71. The molecule has 2 fully saturated rings. The topological polar surface area (TPSA) is 104 Å². The van der Waals surface area contributed by atoms with Gasteiger partial charge in [-0.05, 0) is 49.0 Å². The van der Waals surface area contributed by atoms with Gasteiger partial charge in [-0.2, -0.15) is 0 Å². The number of carbonyl (C=O) groups is 1. The molecule has 8 atom stereocenters. The molecule has 2 aliphatic rings. The first-order chi connectivity index (χ1) is 19.8. The average Bonchev–Trinajstić information content (AvgIpc) is 2.92. The fourth-order valence-corrected chi connectivity index (χ4v) is 6.27. The minimum absolute atomic E-state index is 0.0307. The number of aliphatic hydroxyl groups is 1. The van der Waals surface area contributed by atoms with Crippen LogP contribution in [0.4, 0.5) is 0 Å². The normalized spacial score (nSPS) is 28.7. The number of aliphatic hydroxyl groups excluding tert-OH is 1. The van der Waals surface area contributed by atoms with Crippen molar-refractivity contribution in [2.24, 2.45) is 10.8 Å². The van der Waals surface area contributed by atoms with Crippen molar-refractivity contribution < 1.29 is 38.7 Å². The smallest absolute Gasteiger partial charge is 0.302 e. The molecule has 8 unspecified atom stereocenters. The highest BCUT2D eigenvalue weighted by Crippen LogP contribution is 2.43. The molecule has 240 valence electrons. The van der Waals surface area contributed by atoms with Crippen molar-refractivity contribution >= 4 is 5.97 Å². The summed E-state index contributed by atoms with van der Waals surface area (Å²) in [7, 11) is 0. The molecular formula is C34H56O8. The molecule has 8 heteroatoms. The van der Waals surface area contributed by atoms with Crippen LogP contribution >= 0.6 is 0 Å². The molecule has 0 bridgehead atoms. The van der Waals surface area contributed by atoms with Crippen molar-refractivity contribution in [3.63, 3.8) is 0 Å². The Bertz CT molecular complexity index is 978. The van der Waals surface area contributed by atoms with E-state index in [1.54, 1.807) is 12.1 Å². The quantitative estimate of drug-likeness (QED) is 0.219. The van der Waals surface area contributed by atoms with Crippen LogP contribution in [-0.2, 0) is 28.5 Å². The summed E-state index contributed by atoms with van der Waals surface area (Å²) in [5.74, 6) is -0.119. The maximum atomic E-state index is 11.6. The molecule has 0 aromatic heterocycles. The van der Waals surface area contributed by atoms with E-state index in [1.807, 2.05) is 32.9 Å². The summed E-state index contributed by atoms with van der Waals surface area (Å²) in [6, 6.07) is 7.18. The maximum Gasteiger partial charge on any atom is 0.302 e. The zero-order valence-corrected chi connectivity index (χ0v) is 27.1. The summed E-state index contributed by atoms with van der Waals surface area (Å²) < 4.78 is 31.1. The van der Waals surface area contributed by atoms with Gasteiger partial charge in [0.1, 0.15) is 11.9 Å². The van der Waals surface area contributed by atoms with Crippen molar-refractivity contribution in [1.29, 1.82) is 0 Å². The molecule has 0 spiro atoms. The predicted octanol–water partition coefficient (Wildman–Crippen LogP) is 7.20. The molecule has 0 amide bonds. The number of hydrogen-bond donors (Lipinski definition) is 2. The molecule has 1 aromatic carbocycles. The number of aromatic hydroxyl groups is 1. The molecule has 0 saturated carbocycles. The molecule has 1 aromatic rings. The Morgan fingerprint density at radius 2 is 1.64 bits per heavy atom. The molecule has 2 N–H and O–H groups in total. The highest BCUT2D eigenvalue weighted by atomic mass is 16.7. The summed E-state index contributed by atoms with van der Waals surface area (Å²) in [4.78, 5) is 11.6. The summed E-state index contributed by atoms with van der Waals surface area (Å²) in [6.07, 6.45) is 4.63. The molecule has 0 aliphatic carbocycles. The summed E-state index contributed by atoms with van der Waals surface area (Å²) >= 11 is 0. The van der Waals surface area contributed by atoms with E-state index in [0.717, 1.165) is 25.7 Å². The Morgan fingerprint density at radius 3 is 2.26 bits per heavy atom. The second-order valence-corrected chi connectivity index (χ2v) is 13.7. The van der Waals surface area contributed by atoms with Gasteiger partial charge >= 0.3 is 5.97 Å². The van der Waals surface area contributed by atoms with Gasteiger partial charge in [-0.3, -0.25) is 4.79 Å². The number of phenols is 1. The number of esters is 1. The van der Waals surface area contributed by atoms with E-state index in [4.69, 9.17) is 23.7 Å². The third-order valence-corrected chi connectivity index (χ3v) is 9.03. The molecule has 2 heterocycles. The molecule has 42 heavy (non-hydrogen) atoms. The number of para-hydroxylation sites is 1. The number of benzene rings is 1. The van der Waals surface area contributed by atoms with Crippen LogP contribution in [0.25, 0.3) is 0 Å². The highest BCUT2D eigenvalue weighted by Gasteiger charge is 2.44. The van der Waals surface area contributed by atoms with Crippen LogP contribution in [-0.4, -0.2) is 59.1 Å². The number of hydrogen-bond acceptors (Lipinski definition) is 8. The van der Waals surface area contributed by atoms with Crippen LogP contribution in [0.1, 0.15) is 125 Å². The SMILES string of the molecule is CCCC1OC(CC2CC(CC)OC(c3ccccc3O)O2)CC(C(C)(C)CC(O)C(C)(C)CC(CC)OC(C)=O)O1. The van der Waals surface area contributed by atoms with Crippen LogP contribution in [0.5, 0.6) is 5.75 Å². The van der Waals surface area contributed by atoms with E-state index in [-0.39, 0.29) is 53.9 Å². The van der Waals surface area contributed by atoms with E-state index in [9.17, 15) is 15.0 Å². The molecular weight excluding hydrogens is 536 g/mol. The van der Waals surface area contributed by atoms with Gasteiger partial charge < -0.3 is 33.9 Å². The van der Waals surface area contributed by atoms with Gasteiger partial charge in [0.25, 0.3) is 0 Å². The second-order valence-electron chi connectivity index (χ2n) is 13.7. The standard InChI is InChI=1S/C34H56O8/c1-9-14-31-39-26(18-25-17-23(10-2)40-32(41-25)27-15-12-13-16-28(27)36)19-30(42-31)34(7,8)21-29(37)33(5,6)20-24(11-3)38-22(4)35/h12-13,15-16,23-26,29-32,36-37H,9-11,14,17-21H2,1-8H3. The first-order valence-corrected chi connectivity index (χ1v) is 16.0. The minimum atomic E-state index is -0.621. The Morgan fingerprint density at radius 1 is 0.976 bits per heavy atom. The average molecular weight is 593 g/mol. The van der Waals surface area contributed by atoms with Gasteiger partial charge in [-0.1, -0.05) is 73.1 Å². The fourth-order valence-electron chi connectivity index (χ4n) is 6.27. The summed E-state index contributed by atoms with van der Waals surface area (Å²) in [6.45, 7) is 16.1. The van der Waals surface area contributed by atoms with E-state index in [0.29, 0.717) is 37.7 Å². The highest BCUT2D eigenvalue weighted by molar-refractivity contribution is 5.66. The van der Waals surface area contributed by atoms with Gasteiger partial charge in [0, 0.05) is 31.7 Å². The zero-order chi connectivity index (χ0) is 31.1. The van der Waals surface area contributed by atoms with Crippen molar-refractivity contribution in [3.8, 4) is 5.75 Å². The van der Waals surface area contributed by atoms with E-state index >= 15 is 0 Å². The first-order valence-electron chi connectivity index (χ1n) is 16.0. The lowest BCUT2D eigenvalue weighted by Gasteiger charge is -2.46. The fraction of sp³-hybridized carbons (Fsp3) is 0.794. The van der Waals surface area contributed by atoms with Crippen molar-refractivity contribution in [3.05, 3.63) is 29.8 Å². The summed E-state index contributed by atoms with van der Waals surface area (Å²) in [5, 5.41) is 21.9. The molecule has 0 radical (unpaired) electrons. The molecule has 8 nitrogen and oxygen atoms in total. The van der Waals surface area contributed by atoms with E-state index in [1.165, 1.54) is 6.92 Å². The van der Waals surface area contributed by atoms with Crippen molar-refractivity contribution in [1.82, 2.24) is 0 Å². The number of phenolic OH excluding ortho intramolecular Hbond substituents is 1. The lowest BCUT2D eigenvalue weighted by Crippen LogP contribution is -2.49. The van der Waals surface area contributed by atoms with Gasteiger partial charge in [-0.15, -0.1) is 0 Å². The third-order valence-electron chi connectivity index (χ3n) is 9.03. The zero-order valence-electron chi connectivity index (χ0n) is 27.1. The van der Waals surface area contributed by atoms with Crippen LogP contribution in [0.3, 0.4) is 0 Å². The predicted molar refractivity (Wildman–Crippen MR) is 162 cm³/mol. The summed E-state index contributed by atoms with van der Waals surface area (Å²) in [5.41, 5.74) is -0.120. The number of carbonyl (C=O) groups excluding carboxylic acids is 1. The van der Waals surface area contributed by atoms with Gasteiger partial charge in [0.05, 0.1) is 30.5 Å². The van der Waals surface area contributed by atoms with Gasteiger partial charge in [0.15, 0.2) is 12.6 Å². The Hall–Kier alpha value is -1.71. The van der Waals surface area contributed by atoms with Gasteiger partial charge in [0.2, 0.25) is 0 Å². The van der Waals surface area contributed by atoms with Crippen molar-refractivity contribution in [2.75, 3.05) is 0 Å². The molecule has 3 rings (SSSR count). The van der Waals surface area contributed by atoms with E-state index in [2.05, 4.69) is 27.7 Å². The second kappa shape index (κ2) is 15.3. The largest absolute Gasteiger partial charge is 0.507 e. The van der Waals surface area contributed by atoms with Crippen LogP contribution < -0.4 is 0 Å². The lowest BCUT2D eigenvalue weighted by molar-refractivity contribution is -0.287. The number of rotatable bonds is 14. The van der Waals surface area contributed by atoms with Crippen LogP contribution in [0.2, 0.25) is 0 Å². The maximum absolute atomic E-state index is 11.6. The number of ether oxygens (including phenoxy) is 5. The van der Waals surface area contributed by atoms with Crippen molar-refractivity contribution in [2.45, 2.75) is 162 Å². The van der Waals surface area contributed by atoms with Crippen LogP contribution in [0.15, 0.2) is 24.3 Å². The van der Waals surface area contributed by atoms with Gasteiger partial charge in [-0.25, -0.2) is 0 Å². The minimum Gasteiger partial charge on any atom is -0.507 e. The lowest BCUT2D eigenvalue weighted by atomic mass is 9.70. The van der Waals surface area contributed by atoms with Crippen LogP contribution in [0, 0.1) is 10.8 Å². The Labute approximate surface area is 253 Å². The third kappa shape index (κ3) is 9.65.